The van der Waals surface area contributed by atoms with Crippen LogP contribution in [0.25, 0.3) is 6.08 Å². The molecule has 0 unspecified atom stereocenters. The van der Waals surface area contributed by atoms with E-state index in [1.165, 1.54) is 6.08 Å². The van der Waals surface area contributed by atoms with Crippen LogP contribution in [0.15, 0.2) is 30.3 Å². The monoisotopic (exact) mass is 248 g/mol. The zero-order chi connectivity index (χ0) is 13.2. The summed E-state index contributed by atoms with van der Waals surface area (Å²) in [7, 11) is 0. The summed E-state index contributed by atoms with van der Waals surface area (Å²) in [6.45, 7) is 3.80. The Hall–Kier alpha value is -1.81. The minimum atomic E-state index is -0.0997. The summed E-state index contributed by atoms with van der Waals surface area (Å²) in [6.07, 6.45) is 4.09. The van der Waals surface area contributed by atoms with Crippen LogP contribution in [0.1, 0.15) is 18.9 Å². The van der Waals surface area contributed by atoms with Crippen LogP contribution in [0.3, 0.4) is 0 Å². The van der Waals surface area contributed by atoms with Gasteiger partial charge in [0.15, 0.2) is 0 Å². The van der Waals surface area contributed by atoms with Gasteiger partial charge in [0.1, 0.15) is 5.75 Å². The molecule has 1 rings (SSSR count). The van der Waals surface area contributed by atoms with E-state index in [2.05, 4.69) is 5.32 Å². The van der Waals surface area contributed by atoms with Gasteiger partial charge < -0.3 is 15.8 Å². The molecular weight excluding hydrogens is 228 g/mol. The average molecular weight is 248 g/mol. The smallest absolute Gasteiger partial charge is 0.243 e. The summed E-state index contributed by atoms with van der Waals surface area (Å²) in [5.41, 5.74) is 6.30. The van der Waals surface area contributed by atoms with Crippen molar-refractivity contribution in [1.29, 1.82) is 0 Å². The average Bonchev–Trinajstić information content (AvgIpc) is 2.39. The summed E-state index contributed by atoms with van der Waals surface area (Å²) < 4.78 is 5.34. The Balaban J connectivity index is 2.43. The van der Waals surface area contributed by atoms with Gasteiger partial charge in [0, 0.05) is 12.6 Å². The predicted octanol–water partition coefficient (Wildman–Crippen LogP) is 1.56. The molecular formula is C14H20N2O2. The van der Waals surface area contributed by atoms with Gasteiger partial charge in [-0.1, -0.05) is 12.1 Å². The molecule has 0 heterocycles. The zero-order valence-electron chi connectivity index (χ0n) is 10.7. The Morgan fingerprint density at radius 1 is 1.39 bits per heavy atom. The molecule has 0 atom stereocenters. The van der Waals surface area contributed by atoms with Crippen LogP contribution in [0.4, 0.5) is 0 Å². The molecule has 1 aromatic rings. The Kier molecular flexibility index (Phi) is 6.58. The molecule has 1 amide bonds. The molecule has 0 fully saturated rings. The van der Waals surface area contributed by atoms with Gasteiger partial charge in [-0.15, -0.1) is 0 Å². The topological polar surface area (TPSA) is 64.3 Å². The largest absolute Gasteiger partial charge is 0.494 e. The normalized spacial score (nSPS) is 10.6. The van der Waals surface area contributed by atoms with Crippen molar-refractivity contribution in [2.24, 2.45) is 5.73 Å². The van der Waals surface area contributed by atoms with Crippen LogP contribution >= 0.6 is 0 Å². The van der Waals surface area contributed by atoms with Crippen LogP contribution in [-0.4, -0.2) is 25.6 Å². The van der Waals surface area contributed by atoms with Crippen molar-refractivity contribution in [3.05, 3.63) is 35.9 Å². The first-order valence-electron chi connectivity index (χ1n) is 6.15. The SMILES string of the molecule is CCOc1ccc(/C=C/C(=O)NCCCN)cc1. The maximum absolute atomic E-state index is 11.4. The number of rotatable bonds is 7. The van der Waals surface area contributed by atoms with E-state index < -0.39 is 0 Å². The summed E-state index contributed by atoms with van der Waals surface area (Å²) in [6, 6.07) is 7.59. The summed E-state index contributed by atoms with van der Waals surface area (Å²) in [4.78, 5) is 11.4. The Morgan fingerprint density at radius 2 is 2.11 bits per heavy atom. The molecule has 0 aromatic heterocycles. The number of hydrogen-bond acceptors (Lipinski definition) is 3. The van der Waals surface area contributed by atoms with Crippen LogP contribution in [-0.2, 0) is 4.79 Å². The van der Waals surface area contributed by atoms with E-state index in [1.54, 1.807) is 6.08 Å². The third kappa shape index (κ3) is 5.50. The highest BCUT2D eigenvalue weighted by Gasteiger charge is 1.95. The molecule has 3 N–H and O–H groups in total. The van der Waals surface area contributed by atoms with Gasteiger partial charge in [0.2, 0.25) is 5.91 Å². The van der Waals surface area contributed by atoms with Gasteiger partial charge in [-0.3, -0.25) is 4.79 Å². The van der Waals surface area contributed by atoms with Crippen molar-refractivity contribution < 1.29 is 9.53 Å². The lowest BCUT2D eigenvalue weighted by Gasteiger charge is -2.02. The third-order valence-electron chi connectivity index (χ3n) is 2.30. The van der Waals surface area contributed by atoms with Crippen molar-refractivity contribution in [3.8, 4) is 5.75 Å². The van der Waals surface area contributed by atoms with E-state index >= 15 is 0 Å². The molecule has 4 nitrogen and oxygen atoms in total. The quantitative estimate of drug-likeness (QED) is 0.568. The summed E-state index contributed by atoms with van der Waals surface area (Å²) >= 11 is 0. The molecule has 18 heavy (non-hydrogen) atoms. The summed E-state index contributed by atoms with van der Waals surface area (Å²) in [5.74, 6) is 0.736. The van der Waals surface area contributed by atoms with Crippen molar-refractivity contribution in [2.45, 2.75) is 13.3 Å². The molecule has 98 valence electrons. The lowest BCUT2D eigenvalue weighted by molar-refractivity contribution is -0.116. The van der Waals surface area contributed by atoms with E-state index in [0.717, 1.165) is 17.7 Å². The minimum Gasteiger partial charge on any atom is -0.494 e. The van der Waals surface area contributed by atoms with E-state index in [-0.39, 0.29) is 5.91 Å². The third-order valence-corrected chi connectivity index (χ3v) is 2.30. The molecule has 0 saturated heterocycles. The first-order chi connectivity index (χ1) is 8.76. The minimum absolute atomic E-state index is 0.0997. The van der Waals surface area contributed by atoms with E-state index in [0.29, 0.717) is 19.7 Å². The Morgan fingerprint density at radius 3 is 2.72 bits per heavy atom. The number of amides is 1. The molecule has 0 aliphatic rings. The second-order valence-electron chi connectivity index (χ2n) is 3.77. The number of ether oxygens (including phenoxy) is 1. The first kappa shape index (κ1) is 14.3. The highest BCUT2D eigenvalue weighted by molar-refractivity contribution is 5.91. The molecule has 0 aliphatic heterocycles. The van der Waals surface area contributed by atoms with Gasteiger partial charge in [-0.05, 0) is 43.7 Å². The van der Waals surface area contributed by atoms with E-state index in [4.69, 9.17) is 10.5 Å². The van der Waals surface area contributed by atoms with Gasteiger partial charge in [-0.2, -0.15) is 0 Å². The molecule has 1 aromatic carbocycles. The summed E-state index contributed by atoms with van der Waals surface area (Å²) in [5, 5.41) is 2.76. The molecule has 0 saturated carbocycles. The predicted molar refractivity (Wildman–Crippen MR) is 73.3 cm³/mol. The molecule has 0 aliphatic carbocycles. The second kappa shape index (κ2) is 8.31. The molecule has 0 spiro atoms. The second-order valence-corrected chi connectivity index (χ2v) is 3.77. The van der Waals surface area contributed by atoms with Crippen LogP contribution in [0.5, 0.6) is 5.75 Å². The fourth-order valence-corrected chi connectivity index (χ4v) is 1.39. The number of carbonyl (C=O) groups excluding carboxylic acids is 1. The van der Waals surface area contributed by atoms with Crippen molar-refractivity contribution in [1.82, 2.24) is 5.32 Å². The molecule has 0 bridgehead atoms. The fraction of sp³-hybridized carbons (Fsp3) is 0.357. The van der Waals surface area contributed by atoms with Gasteiger partial charge >= 0.3 is 0 Å². The fourth-order valence-electron chi connectivity index (χ4n) is 1.39. The number of nitrogens with two attached hydrogens (primary N) is 1. The Labute approximate surface area is 108 Å². The highest BCUT2D eigenvalue weighted by atomic mass is 16.5. The van der Waals surface area contributed by atoms with Crippen LogP contribution in [0.2, 0.25) is 0 Å². The number of nitrogens with one attached hydrogen (secondary N) is 1. The number of carbonyl (C=O) groups is 1. The maximum Gasteiger partial charge on any atom is 0.243 e. The lowest BCUT2D eigenvalue weighted by atomic mass is 10.2. The maximum atomic E-state index is 11.4. The highest BCUT2D eigenvalue weighted by Crippen LogP contribution is 2.12. The molecule has 4 heteroatoms. The molecule has 0 radical (unpaired) electrons. The first-order valence-corrected chi connectivity index (χ1v) is 6.15. The number of benzene rings is 1. The van der Waals surface area contributed by atoms with Crippen LogP contribution < -0.4 is 15.8 Å². The van der Waals surface area contributed by atoms with E-state index in [9.17, 15) is 4.79 Å². The van der Waals surface area contributed by atoms with E-state index in [1.807, 2.05) is 31.2 Å². The lowest BCUT2D eigenvalue weighted by Crippen LogP contribution is -2.23. The Bertz CT molecular complexity index is 385. The standard InChI is InChI=1S/C14H20N2O2/c1-2-18-13-7-4-12(5-8-13)6-9-14(17)16-11-3-10-15/h4-9H,2-3,10-11,15H2,1H3,(H,16,17)/b9-6+. The zero-order valence-corrected chi connectivity index (χ0v) is 10.7. The van der Waals surface area contributed by atoms with Crippen molar-refractivity contribution >= 4 is 12.0 Å². The van der Waals surface area contributed by atoms with Gasteiger partial charge in [-0.25, -0.2) is 0 Å². The number of hydrogen-bond donors (Lipinski definition) is 2. The van der Waals surface area contributed by atoms with Crippen molar-refractivity contribution in [3.63, 3.8) is 0 Å². The van der Waals surface area contributed by atoms with Crippen LogP contribution in [0, 0.1) is 0 Å². The van der Waals surface area contributed by atoms with Crippen molar-refractivity contribution in [2.75, 3.05) is 19.7 Å². The van der Waals surface area contributed by atoms with Gasteiger partial charge in [0.05, 0.1) is 6.61 Å². The van der Waals surface area contributed by atoms with Gasteiger partial charge in [0.25, 0.3) is 0 Å².